The zero-order valence-corrected chi connectivity index (χ0v) is 15.3. The van der Waals surface area contributed by atoms with Crippen LogP contribution in [0.3, 0.4) is 0 Å². The lowest BCUT2D eigenvalue weighted by atomic mass is 9.77. The van der Waals surface area contributed by atoms with Gasteiger partial charge in [0.05, 0.1) is 11.2 Å². The first-order valence-electron chi connectivity index (χ1n) is 8.89. The molecule has 0 spiro atoms. The van der Waals surface area contributed by atoms with Crippen LogP contribution in [0.4, 0.5) is 23.4 Å². The number of phenols is 1. The van der Waals surface area contributed by atoms with E-state index in [9.17, 15) is 27.8 Å². The van der Waals surface area contributed by atoms with Gasteiger partial charge in [-0.3, -0.25) is 0 Å². The Morgan fingerprint density at radius 1 is 1.07 bits per heavy atom. The number of aromatic nitrogens is 2. The minimum atomic E-state index is -4.60. The van der Waals surface area contributed by atoms with E-state index in [-0.39, 0.29) is 17.3 Å². The maximum absolute atomic E-state index is 13.9. The molecule has 1 fully saturated rings. The van der Waals surface area contributed by atoms with E-state index in [0.717, 1.165) is 12.1 Å². The number of benzene rings is 2. The number of nitrogens with zero attached hydrogens (tertiary/aromatic N) is 2. The third-order valence-electron chi connectivity index (χ3n) is 5.04. The average molecular weight is 407 g/mol. The molecule has 1 heterocycles. The largest absolute Gasteiger partial charge is 0.507 e. The second-order valence-electron chi connectivity index (χ2n) is 7.56. The standard InChI is InChI=1S/C20H17F4N3O2/c1-19(29)8-12(9-19)25-18-13-5-3-11(21)7-15(13)17(26-27-18)14-4-2-10(6-16(14)28)20(22,23)24/h2-7,12,28-29H,8-9H2,1H3,(H,25,27). The van der Waals surface area contributed by atoms with Gasteiger partial charge in [-0.15, -0.1) is 10.2 Å². The zero-order valence-electron chi connectivity index (χ0n) is 15.3. The Kier molecular flexibility index (Phi) is 4.38. The van der Waals surface area contributed by atoms with Crippen LogP contribution in [0.1, 0.15) is 25.3 Å². The molecule has 0 saturated heterocycles. The zero-order chi connectivity index (χ0) is 21.0. The molecule has 0 unspecified atom stereocenters. The molecule has 29 heavy (non-hydrogen) atoms. The van der Waals surface area contributed by atoms with E-state index in [1.54, 1.807) is 6.92 Å². The highest BCUT2D eigenvalue weighted by Crippen LogP contribution is 2.40. The highest BCUT2D eigenvalue weighted by Gasteiger charge is 2.38. The average Bonchev–Trinajstić information content (AvgIpc) is 2.59. The molecule has 1 aliphatic rings. The predicted octanol–water partition coefficient (Wildman–Crippen LogP) is 4.49. The van der Waals surface area contributed by atoms with Crippen LogP contribution in [0.2, 0.25) is 0 Å². The van der Waals surface area contributed by atoms with Crippen molar-refractivity contribution in [3.8, 4) is 17.0 Å². The maximum atomic E-state index is 13.9. The molecule has 0 aliphatic heterocycles. The number of anilines is 1. The van der Waals surface area contributed by atoms with Crippen LogP contribution in [0.15, 0.2) is 36.4 Å². The Bertz CT molecular complexity index is 1090. The van der Waals surface area contributed by atoms with Crippen LogP contribution in [0.25, 0.3) is 22.0 Å². The lowest BCUT2D eigenvalue weighted by molar-refractivity contribution is -0.137. The molecule has 152 valence electrons. The van der Waals surface area contributed by atoms with E-state index in [2.05, 4.69) is 15.5 Å². The molecule has 3 N–H and O–H groups in total. The van der Waals surface area contributed by atoms with Crippen molar-refractivity contribution in [3.63, 3.8) is 0 Å². The quantitative estimate of drug-likeness (QED) is 0.558. The molecular formula is C20H17F4N3O2. The van der Waals surface area contributed by atoms with E-state index < -0.39 is 28.9 Å². The lowest BCUT2D eigenvalue weighted by Crippen LogP contribution is -2.48. The minimum Gasteiger partial charge on any atom is -0.507 e. The molecule has 1 aromatic heterocycles. The Morgan fingerprint density at radius 2 is 1.79 bits per heavy atom. The molecule has 4 rings (SSSR count). The minimum absolute atomic E-state index is 0.0132. The first kappa shape index (κ1) is 19.4. The number of phenolic OH excluding ortho intramolecular Hbond substituents is 1. The molecule has 0 radical (unpaired) electrons. The van der Waals surface area contributed by atoms with Crippen molar-refractivity contribution in [3.05, 3.63) is 47.8 Å². The fourth-order valence-electron chi connectivity index (χ4n) is 3.64. The summed E-state index contributed by atoms with van der Waals surface area (Å²) in [5.74, 6) is -0.818. The van der Waals surface area contributed by atoms with Gasteiger partial charge in [0.1, 0.15) is 17.3 Å². The van der Waals surface area contributed by atoms with Gasteiger partial charge in [-0.2, -0.15) is 13.2 Å². The fourth-order valence-corrected chi connectivity index (χ4v) is 3.64. The van der Waals surface area contributed by atoms with Crippen molar-refractivity contribution in [2.75, 3.05) is 5.32 Å². The molecule has 5 nitrogen and oxygen atoms in total. The van der Waals surface area contributed by atoms with Crippen LogP contribution in [-0.2, 0) is 6.18 Å². The Morgan fingerprint density at radius 3 is 2.41 bits per heavy atom. The number of nitrogens with one attached hydrogen (secondary N) is 1. The van der Waals surface area contributed by atoms with E-state index >= 15 is 0 Å². The van der Waals surface area contributed by atoms with E-state index in [1.807, 2.05) is 0 Å². The highest BCUT2D eigenvalue weighted by molar-refractivity contribution is 6.01. The summed E-state index contributed by atoms with van der Waals surface area (Å²) >= 11 is 0. The van der Waals surface area contributed by atoms with Crippen molar-refractivity contribution in [2.45, 2.75) is 37.6 Å². The number of alkyl halides is 3. The van der Waals surface area contributed by atoms with Crippen LogP contribution in [0, 0.1) is 5.82 Å². The molecule has 1 saturated carbocycles. The second-order valence-corrected chi connectivity index (χ2v) is 7.56. The lowest BCUT2D eigenvalue weighted by Gasteiger charge is -2.41. The van der Waals surface area contributed by atoms with Gasteiger partial charge in [0.15, 0.2) is 5.82 Å². The predicted molar refractivity (Wildman–Crippen MR) is 98.9 cm³/mol. The first-order chi connectivity index (χ1) is 13.5. The van der Waals surface area contributed by atoms with Gasteiger partial charge >= 0.3 is 6.18 Å². The summed E-state index contributed by atoms with van der Waals surface area (Å²) in [6.45, 7) is 1.72. The number of hydrogen-bond donors (Lipinski definition) is 3. The summed E-state index contributed by atoms with van der Waals surface area (Å²) in [7, 11) is 0. The van der Waals surface area contributed by atoms with Gasteiger partial charge in [0.25, 0.3) is 0 Å². The number of aromatic hydroxyl groups is 1. The van der Waals surface area contributed by atoms with Gasteiger partial charge in [-0.25, -0.2) is 4.39 Å². The van der Waals surface area contributed by atoms with Crippen molar-refractivity contribution >= 4 is 16.6 Å². The summed E-state index contributed by atoms with van der Waals surface area (Å²) in [5.41, 5.74) is -1.67. The summed E-state index contributed by atoms with van der Waals surface area (Å²) in [6, 6.07) is 6.40. The molecule has 2 aromatic carbocycles. The number of fused-ring (bicyclic) bond motifs is 1. The van der Waals surface area contributed by atoms with E-state index in [0.29, 0.717) is 35.5 Å². The molecular weight excluding hydrogens is 390 g/mol. The fraction of sp³-hybridized carbons (Fsp3) is 0.300. The number of aliphatic hydroxyl groups is 1. The molecule has 9 heteroatoms. The third kappa shape index (κ3) is 3.69. The van der Waals surface area contributed by atoms with Crippen molar-refractivity contribution in [1.29, 1.82) is 0 Å². The first-order valence-corrected chi connectivity index (χ1v) is 8.89. The number of rotatable bonds is 3. The summed E-state index contributed by atoms with van der Waals surface area (Å²) in [5, 5.41) is 32.1. The number of hydrogen-bond acceptors (Lipinski definition) is 5. The topological polar surface area (TPSA) is 78.3 Å². The SMILES string of the molecule is CC1(O)CC(Nc2nnc(-c3ccc(C(F)(F)F)cc3O)c3cc(F)ccc23)C1. The van der Waals surface area contributed by atoms with Crippen LogP contribution < -0.4 is 5.32 Å². The Hall–Kier alpha value is -2.94. The van der Waals surface area contributed by atoms with Crippen molar-refractivity contribution in [1.82, 2.24) is 10.2 Å². The molecule has 0 bridgehead atoms. The Labute approximate surface area is 163 Å². The highest BCUT2D eigenvalue weighted by atomic mass is 19.4. The maximum Gasteiger partial charge on any atom is 0.416 e. The van der Waals surface area contributed by atoms with Gasteiger partial charge in [0, 0.05) is 22.4 Å². The monoisotopic (exact) mass is 407 g/mol. The van der Waals surface area contributed by atoms with E-state index in [4.69, 9.17) is 0 Å². The van der Waals surface area contributed by atoms with Crippen LogP contribution in [0.5, 0.6) is 5.75 Å². The van der Waals surface area contributed by atoms with Gasteiger partial charge < -0.3 is 15.5 Å². The van der Waals surface area contributed by atoms with Gasteiger partial charge in [0.2, 0.25) is 0 Å². The van der Waals surface area contributed by atoms with E-state index in [1.165, 1.54) is 18.2 Å². The van der Waals surface area contributed by atoms with Crippen LogP contribution >= 0.6 is 0 Å². The van der Waals surface area contributed by atoms with Crippen molar-refractivity contribution < 1.29 is 27.8 Å². The Balaban J connectivity index is 1.78. The summed E-state index contributed by atoms with van der Waals surface area (Å²) < 4.78 is 52.5. The third-order valence-corrected chi connectivity index (χ3v) is 5.04. The molecule has 0 atom stereocenters. The summed E-state index contributed by atoms with van der Waals surface area (Å²) in [4.78, 5) is 0. The van der Waals surface area contributed by atoms with Gasteiger partial charge in [-0.05, 0) is 56.2 Å². The smallest absolute Gasteiger partial charge is 0.416 e. The van der Waals surface area contributed by atoms with Crippen LogP contribution in [-0.4, -0.2) is 32.1 Å². The summed E-state index contributed by atoms with van der Waals surface area (Å²) in [6.07, 6.45) is -3.58. The molecule has 3 aromatic rings. The normalized spacial score (nSPS) is 21.8. The molecule has 1 aliphatic carbocycles. The molecule has 0 amide bonds. The number of halogens is 4. The second kappa shape index (κ2) is 6.55. The van der Waals surface area contributed by atoms with Gasteiger partial charge in [-0.1, -0.05) is 0 Å². The van der Waals surface area contributed by atoms with Crippen molar-refractivity contribution in [2.24, 2.45) is 0 Å².